The van der Waals surface area contributed by atoms with E-state index in [0.29, 0.717) is 41.2 Å². The van der Waals surface area contributed by atoms with Gasteiger partial charge in [0.1, 0.15) is 0 Å². The monoisotopic (exact) mass is 469 g/mol. The highest BCUT2D eigenvalue weighted by atomic mass is 16.5. The fourth-order valence-electron chi connectivity index (χ4n) is 4.70. The molecule has 8 nitrogen and oxygen atoms in total. The quantitative estimate of drug-likeness (QED) is 0.440. The number of nitrogens with one attached hydrogen (secondary N) is 1. The Morgan fingerprint density at radius 1 is 1.14 bits per heavy atom. The van der Waals surface area contributed by atoms with Crippen LogP contribution in [0.4, 0.5) is 11.6 Å². The van der Waals surface area contributed by atoms with Crippen LogP contribution in [-0.4, -0.2) is 27.6 Å². The zero-order valence-electron chi connectivity index (χ0n) is 20.2. The summed E-state index contributed by atoms with van der Waals surface area (Å²) < 4.78 is 6.55. The molecule has 178 valence electrons. The predicted molar refractivity (Wildman–Crippen MR) is 136 cm³/mol. The number of rotatable bonds is 5. The number of hydrogen-bond acceptors (Lipinski definition) is 7. The standard InChI is InChI=1S/C27H27N5O3/c1-16-12-20(17(2)29-22-10-6-5-9-19(22)26(34)35-4)24-21(13-16)25(33)31(3)27(30-24)32-14-18-8-7-11-28-23(18)15-32/h5-13,17,29H,14-15H2,1-4H3/t17-/m0/s1. The molecule has 1 aliphatic heterocycles. The molecule has 1 aliphatic rings. The molecule has 3 heterocycles. The first-order chi connectivity index (χ1) is 16.9. The normalized spacial score (nSPS) is 13.5. The van der Waals surface area contributed by atoms with Crippen molar-refractivity contribution < 1.29 is 9.53 Å². The Morgan fingerprint density at radius 3 is 2.71 bits per heavy atom. The molecule has 0 aliphatic carbocycles. The van der Waals surface area contributed by atoms with E-state index in [9.17, 15) is 9.59 Å². The molecule has 0 bridgehead atoms. The van der Waals surface area contributed by atoms with Crippen molar-refractivity contribution in [3.05, 3.63) is 93.0 Å². The summed E-state index contributed by atoms with van der Waals surface area (Å²) in [5, 5.41) is 3.99. The average Bonchev–Trinajstić information content (AvgIpc) is 3.30. The third-order valence-corrected chi connectivity index (χ3v) is 6.47. The third kappa shape index (κ3) is 4.01. The third-order valence-electron chi connectivity index (χ3n) is 6.47. The van der Waals surface area contributed by atoms with Crippen LogP contribution in [0.2, 0.25) is 0 Å². The molecule has 0 saturated heterocycles. The molecule has 35 heavy (non-hydrogen) atoms. The number of fused-ring (bicyclic) bond motifs is 2. The van der Waals surface area contributed by atoms with Gasteiger partial charge in [-0.25, -0.2) is 9.78 Å². The van der Waals surface area contributed by atoms with E-state index in [0.717, 1.165) is 22.4 Å². The van der Waals surface area contributed by atoms with Gasteiger partial charge in [0.05, 0.1) is 41.9 Å². The average molecular weight is 470 g/mol. The number of carbonyl (C=O) groups excluding carboxylic acids is 1. The summed E-state index contributed by atoms with van der Waals surface area (Å²) in [5.74, 6) is 0.193. The van der Waals surface area contributed by atoms with Crippen molar-refractivity contribution >= 4 is 28.5 Å². The van der Waals surface area contributed by atoms with Crippen molar-refractivity contribution in [2.75, 3.05) is 17.3 Å². The van der Waals surface area contributed by atoms with Crippen LogP contribution in [0.3, 0.4) is 0 Å². The number of benzene rings is 2. The lowest BCUT2D eigenvalue weighted by Crippen LogP contribution is -2.28. The summed E-state index contributed by atoms with van der Waals surface area (Å²) in [6.45, 7) is 5.21. The van der Waals surface area contributed by atoms with E-state index < -0.39 is 5.97 Å². The van der Waals surface area contributed by atoms with Gasteiger partial charge in [-0.2, -0.15) is 0 Å². The summed E-state index contributed by atoms with van der Waals surface area (Å²) in [4.78, 5) is 37.3. The lowest BCUT2D eigenvalue weighted by molar-refractivity contribution is 0.0602. The van der Waals surface area contributed by atoms with Gasteiger partial charge in [-0.3, -0.25) is 14.3 Å². The Balaban J connectivity index is 1.59. The Kier molecular flexibility index (Phi) is 5.72. The maximum atomic E-state index is 13.4. The number of ether oxygens (including phenoxy) is 1. The molecule has 5 rings (SSSR count). The molecule has 0 radical (unpaired) electrons. The van der Waals surface area contributed by atoms with Crippen molar-refractivity contribution in [1.29, 1.82) is 0 Å². The molecule has 2 aromatic heterocycles. The van der Waals surface area contributed by atoms with Gasteiger partial charge in [0.15, 0.2) is 0 Å². The zero-order valence-corrected chi connectivity index (χ0v) is 20.2. The van der Waals surface area contributed by atoms with Gasteiger partial charge in [0.25, 0.3) is 5.56 Å². The van der Waals surface area contributed by atoms with E-state index in [1.165, 1.54) is 7.11 Å². The highest BCUT2D eigenvalue weighted by molar-refractivity contribution is 5.95. The van der Waals surface area contributed by atoms with E-state index in [-0.39, 0.29) is 11.6 Å². The number of aryl methyl sites for hydroxylation is 1. The van der Waals surface area contributed by atoms with Crippen LogP contribution in [-0.2, 0) is 24.9 Å². The second kappa shape index (κ2) is 8.87. The van der Waals surface area contributed by atoms with Crippen molar-refractivity contribution in [2.24, 2.45) is 7.05 Å². The van der Waals surface area contributed by atoms with Crippen LogP contribution in [0.15, 0.2) is 59.5 Å². The molecule has 0 fully saturated rings. The first-order valence-corrected chi connectivity index (χ1v) is 11.5. The maximum absolute atomic E-state index is 13.4. The number of pyridine rings is 1. The predicted octanol–water partition coefficient (Wildman–Crippen LogP) is 4.12. The number of esters is 1. The Bertz CT molecular complexity index is 1490. The van der Waals surface area contributed by atoms with Gasteiger partial charge in [-0.1, -0.05) is 24.3 Å². The number of anilines is 2. The van der Waals surface area contributed by atoms with Crippen LogP contribution in [0, 0.1) is 6.92 Å². The number of nitrogens with zero attached hydrogens (tertiary/aromatic N) is 4. The highest BCUT2D eigenvalue weighted by Crippen LogP contribution is 2.31. The smallest absolute Gasteiger partial charge is 0.339 e. The Labute approximate surface area is 203 Å². The minimum atomic E-state index is -0.411. The Morgan fingerprint density at radius 2 is 1.94 bits per heavy atom. The first-order valence-electron chi connectivity index (χ1n) is 11.5. The maximum Gasteiger partial charge on any atom is 0.339 e. The number of carbonyl (C=O) groups is 1. The largest absolute Gasteiger partial charge is 0.465 e. The molecular weight excluding hydrogens is 442 g/mol. The minimum Gasteiger partial charge on any atom is -0.465 e. The van der Waals surface area contributed by atoms with Crippen molar-refractivity contribution in [3.8, 4) is 0 Å². The fraction of sp³-hybridized carbons (Fsp3) is 0.259. The van der Waals surface area contributed by atoms with Crippen LogP contribution in [0.5, 0.6) is 0 Å². The molecule has 0 spiro atoms. The molecule has 0 amide bonds. The molecule has 4 aromatic rings. The second-order valence-corrected chi connectivity index (χ2v) is 8.89. The SMILES string of the molecule is COC(=O)c1ccccc1N[C@@H](C)c1cc(C)cc2c(=O)n(C)c(N3Cc4cccnc4C3)nc12. The van der Waals surface area contributed by atoms with Crippen molar-refractivity contribution in [1.82, 2.24) is 14.5 Å². The summed E-state index contributed by atoms with van der Waals surface area (Å²) >= 11 is 0. The number of hydrogen-bond donors (Lipinski definition) is 1. The van der Waals surface area contributed by atoms with E-state index >= 15 is 0 Å². The minimum absolute atomic E-state index is 0.0963. The molecule has 0 unspecified atom stereocenters. The first kappa shape index (κ1) is 22.6. The lowest BCUT2D eigenvalue weighted by atomic mass is 10.0. The summed E-state index contributed by atoms with van der Waals surface area (Å²) in [6, 6.07) is 14.9. The van der Waals surface area contributed by atoms with Gasteiger partial charge in [0.2, 0.25) is 5.95 Å². The van der Waals surface area contributed by atoms with E-state index in [1.807, 2.05) is 44.2 Å². The Hall–Kier alpha value is -4.20. The second-order valence-electron chi connectivity index (χ2n) is 8.89. The number of para-hydroxylation sites is 1. The van der Waals surface area contributed by atoms with Crippen molar-refractivity contribution in [3.63, 3.8) is 0 Å². The van der Waals surface area contributed by atoms with Crippen LogP contribution >= 0.6 is 0 Å². The van der Waals surface area contributed by atoms with Crippen LogP contribution in [0.25, 0.3) is 10.9 Å². The molecule has 1 atom stereocenters. The van der Waals surface area contributed by atoms with Crippen LogP contribution in [0.1, 0.15) is 45.7 Å². The van der Waals surface area contributed by atoms with Gasteiger partial charge in [-0.05, 0) is 49.2 Å². The summed E-state index contributed by atoms with van der Waals surface area (Å²) in [5.41, 5.74) is 5.65. The highest BCUT2D eigenvalue weighted by Gasteiger charge is 2.25. The molecule has 8 heteroatoms. The van der Waals surface area contributed by atoms with Gasteiger partial charge < -0.3 is 15.0 Å². The molecule has 1 N–H and O–H groups in total. The van der Waals surface area contributed by atoms with Crippen LogP contribution < -0.4 is 15.8 Å². The molecule has 2 aromatic carbocycles. The van der Waals surface area contributed by atoms with Crippen molar-refractivity contribution in [2.45, 2.75) is 33.0 Å². The van der Waals surface area contributed by atoms with Gasteiger partial charge in [-0.15, -0.1) is 0 Å². The van der Waals surface area contributed by atoms with E-state index in [4.69, 9.17) is 9.72 Å². The summed E-state index contributed by atoms with van der Waals surface area (Å²) in [6.07, 6.45) is 1.79. The number of aromatic nitrogens is 3. The summed E-state index contributed by atoms with van der Waals surface area (Å²) in [7, 11) is 3.13. The molecular formula is C27H27N5O3. The topological polar surface area (TPSA) is 89.4 Å². The van der Waals surface area contributed by atoms with E-state index in [2.05, 4.69) is 21.3 Å². The number of methoxy groups -OCH3 is 1. The fourth-order valence-corrected chi connectivity index (χ4v) is 4.70. The molecule has 0 saturated carbocycles. The zero-order chi connectivity index (χ0) is 24.7. The van der Waals surface area contributed by atoms with Gasteiger partial charge >= 0.3 is 5.97 Å². The van der Waals surface area contributed by atoms with E-state index in [1.54, 1.807) is 29.9 Å². The lowest BCUT2D eigenvalue weighted by Gasteiger charge is -2.23. The van der Waals surface area contributed by atoms with Gasteiger partial charge in [0, 0.05) is 31.0 Å².